The average Bonchev–Trinajstić information content (AvgIpc) is 3.26. The second-order valence-corrected chi connectivity index (χ2v) is 8.71. The lowest BCUT2D eigenvalue weighted by Crippen LogP contribution is -2.25. The predicted molar refractivity (Wildman–Crippen MR) is 133 cm³/mol. The van der Waals surface area contributed by atoms with E-state index in [1.165, 1.54) is 0 Å². The minimum Gasteiger partial charge on any atom is -0.486 e. The molecule has 1 aromatic heterocycles. The topological polar surface area (TPSA) is 75.0 Å². The number of amides is 1. The fraction of sp³-hybridized carbons (Fsp3) is 0.115. The number of nitriles is 1. The number of benzene rings is 3. The molecule has 0 fully saturated rings. The largest absolute Gasteiger partial charge is 0.486 e. The van der Waals surface area contributed by atoms with E-state index in [9.17, 15) is 4.79 Å². The van der Waals surface area contributed by atoms with Crippen LogP contribution in [0.1, 0.15) is 22.6 Å². The van der Waals surface area contributed by atoms with Gasteiger partial charge in [-0.3, -0.25) is 4.79 Å². The first kappa shape index (κ1) is 22.5. The van der Waals surface area contributed by atoms with Crippen molar-refractivity contribution in [2.24, 2.45) is 0 Å². The molecule has 0 spiro atoms. The second kappa shape index (κ2) is 10.8. The Balaban J connectivity index is 1.51. The van der Waals surface area contributed by atoms with Gasteiger partial charge in [0.1, 0.15) is 17.4 Å². The van der Waals surface area contributed by atoms with Crippen LogP contribution in [0.2, 0.25) is 5.02 Å². The number of carbonyl (C=O) groups is 1. The van der Waals surface area contributed by atoms with Crippen molar-refractivity contribution in [3.63, 3.8) is 0 Å². The molecular weight excluding hydrogens is 454 g/mol. The molecule has 1 N–H and O–H groups in total. The number of hydrogen-bond donors (Lipinski definition) is 1. The van der Waals surface area contributed by atoms with Gasteiger partial charge in [-0.25, -0.2) is 4.98 Å². The minimum atomic E-state index is -0.247. The zero-order valence-corrected chi connectivity index (χ0v) is 19.2. The van der Waals surface area contributed by atoms with E-state index in [-0.39, 0.29) is 18.9 Å². The molecule has 4 rings (SSSR count). The van der Waals surface area contributed by atoms with Crippen LogP contribution in [0.3, 0.4) is 0 Å². The van der Waals surface area contributed by atoms with E-state index in [0.717, 1.165) is 26.4 Å². The van der Waals surface area contributed by atoms with Gasteiger partial charge in [0, 0.05) is 17.1 Å². The van der Waals surface area contributed by atoms with Crippen molar-refractivity contribution in [2.75, 3.05) is 6.54 Å². The fourth-order valence-corrected chi connectivity index (χ4v) is 4.20. The Bertz CT molecular complexity index is 1290. The van der Waals surface area contributed by atoms with Crippen molar-refractivity contribution in [3.05, 3.63) is 94.0 Å². The molecule has 7 heteroatoms. The number of carbonyl (C=O) groups excluding carboxylic acids is 1. The Morgan fingerprint density at radius 3 is 2.58 bits per heavy atom. The summed E-state index contributed by atoms with van der Waals surface area (Å²) in [5, 5.41) is 13.1. The highest BCUT2D eigenvalue weighted by Gasteiger charge is 2.13. The summed E-state index contributed by atoms with van der Waals surface area (Å²) in [6.45, 7) is 0.664. The predicted octanol–water partition coefficient (Wildman–Crippen LogP) is 6.10. The number of rotatable bonds is 8. The third kappa shape index (κ3) is 5.98. The summed E-state index contributed by atoms with van der Waals surface area (Å²) < 4.78 is 7.04. The lowest BCUT2D eigenvalue weighted by atomic mass is 10.0. The summed E-state index contributed by atoms with van der Waals surface area (Å²) in [5.41, 5.74) is 3.05. The van der Waals surface area contributed by atoms with Gasteiger partial charge in [0.2, 0.25) is 0 Å². The molecule has 164 valence electrons. The van der Waals surface area contributed by atoms with Crippen LogP contribution < -0.4 is 10.1 Å². The number of nitrogens with one attached hydrogen (secondary N) is 1. The molecule has 0 unspecified atom stereocenters. The van der Waals surface area contributed by atoms with Gasteiger partial charge in [0.05, 0.1) is 22.7 Å². The van der Waals surface area contributed by atoms with Crippen molar-refractivity contribution < 1.29 is 9.53 Å². The van der Waals surface area contributed by atoms with Crippen LogP contribution in [0.25, 0.3) is 21.9 Å². The molecule has 0 aliphatic rings. The second-order valence-electron chi connectivity index (χ2n) is 7.16. The average molecular weight is 474 g/mol. The summed E-state index contributed by atoms with van der Waals surface area (Å²) in [5.74, 6) is 0.442. The Morgan fingerprint density at radius 1 is 1.09 bits per heavy atom. The lowest BCUT2D eigenvalue weighted by molar-refractivity contribution is -0.115. The van der Waals surface area contributed by atoms with E-state index in [1.54, 1.807) is 29.5 Å². The van der Waals surface area contributed by atoms with Crippen LogP contribution in [0.4, 0.5) is 0 Å². The number of halogens is 1. The highest BCUT2D eigenvalue weighted by atomic mass is 35.5. The molecule has 4 aromatic rings. The maximum Gasteiger partial charge on any atom is 0.251 e. The smallest absolute Gasteiger partial charge is 0.251 e. The van der Waals surface area contributed by atoms with E-state index >= 15 is 0 Å². The summed E-state index contributed by atoms with van der Waals surface area (Å²) in [7, 11) is 0. The summed E-state index contributed by atoms with van der Waals surface area (Å²) >= 11 is 7.59. The number of aromatic nitrogens is 1. The number of hydrogen-bond acceptors (Lipinski definition) is 5. The number of nitrogens with zero attached hydrogens (tertiary/aromatic N) is 2. The summed E-state index contributed by atoms with van der Waals surface area (Å²) in [6, 6.07) is 24.6. The molecule has 1 heterocycles. The Kier molecular flexibility index (Phi) is 7.36. The van der Waals surface area contributed by atoms with E-state index in [0.29, 0.717) is 23.0 Å². The van der Waals surface area contributed by atoms with Gasteiger partial charge in [-0.2, -0.15) is 5.26 Å². The van der Waals surface area contributed by atoms with Crippen LogP contribution in [-0.2, 0) is 11.4 Å². The Morgan fingerprint density at radius 2 is 1.85 bits per heavy atom. The molecule has 0 aliphatic carbocycles. The molecule has 0 radical (unpaired) electrons. The van der Waals surface area contributed by atoms with E-state index in [4.69, 9.17) is 21.6 Å². The normalized spacial score (nSPS) is 11.2. The number of fused-ring (bicyclic) bond motifs is 1. The molecule has 5 nitrogen and oxygen atoms in total. The van der Waals surface area contributed by atoms with Crippen LogP contribution in [0, 0.1) is 11.3 Å². The number of ether oxygens (including phenoxy) is 1. The van der Waals surface area contributed by atoms with Crippen LogP contribution in [0.5, 0.6) is 5.75 Å². The van der Waals surface area contributed by atoms with Crippen LogP contribution in [-0.4, -0.2) is 17.4 Å². The van der Waals surface area contributed by atoms with Crippen molar-refractivity contribution in [1.82, 2.24) is 10.3 Å². The maximum atomic E-state index is 12.8. The highest BCUT2D eigenvalue weighted by Crippen LogP contribution is 2.25. The zero-order valence-electron chi connectivity index (χ0n) is 17.6. The fourth-order valence-electron chi connectivity index (χ4n) is 3.19. The lowest BCUT2D eigenvalue weighted by Gasteiger charge is -2.10. The first-order chi connectivity index (χ1) is 16.1. The Hall–Kier alpha value is -3.66. The molecule has 1 amide bonds. The molecular formula is C26H20ClN3O2S. The van der Waals surface area contributed by atoms with E-state index < -0.39 is 0 Å². The van der Waals surface area contributed by atoms with Gasteiger partial charge in [-0.1, -0.05) is 48.0 Å². The van der Waals surface area contributed by atoms with Crippen molar-refractivity contribution in [2.45, 2.75) is 13.0 Å². The van der Waals surface area contributed by atoms with Gasteiger partial charge in [-0.15, -0.1) is 11.3 Å². The molecule has 3 aromatic carbocycles. The number of thiazole rings is 1. The maximum absolute atomic E-state index is 12.8. The molecule has 33 heavy (non-hydrogen) atoms. The number of para-hydroxylation sites is 1. The monoisotopic (exact) mass is 473 g/mol. The molecule has 0 saturated carbocycles. The SMILES string of the molecule is N#CCCNC(=O)/C(=C/c1ccc(Cl)cc1)c1ccc(OCc2nc3ccccc3s2)cc1. The van der Waals surface area contributed by atoms with Crippen molar-refractivity contribution in [3.8, 4) is 11.8 Å². The first-order valence-electron chi connectivity index (χ1n) is 10.3. The van der Waals surface area contributed by atoms with Gasteiger partial charge in [0.15, 0.2) is 0 Å². The van der Waals surface area contributed by atoms with Gasteiger partial charge in [-0.05, 0) is 53.6 Å². The molecule has 0 aliphatic heterocycles. The third-order valence-corrected chi connectivity index (χ3v) is 6.08. The van der Waals surface area contributed by atoms with E-state index in [1.807, 2.05) is 66.7 Å². The third-order valence-electron chi connectivity index (χ3n) is 4.81. The highest BCUT2D eigenvalue weighted by molar-refractivity contribution is 7.18. The van der Waals surface area contributed by atoms with E-state index in [2.05, 4.69) is 10.3 Å². The standard InChI is InChI=1S/C26H20ClN3O2S/c27-20-10-6-18(7-11-20)16-22(26(31)29-15-3-14-28)19-8-12-21(13-9-19)32-17-25-30-23-4-1-2-5-24(23)33-25/h1-2,4-13,16H,3,15,17H2,(H,29,31)/b22-16+. The van der Waals surface area contributed by atoms with Crippen molar-refractivity contribution >= 4 is 50.7 Å². The van der Waals surface area contributed by atoms with Gasteiger partial charge >= 0.3 is 0 Å². The van der Waals surface area contributed by atoms with Crippen molar-refractivity contribution in [1.29, 1.82) is 5.26 Å². The zero-order chi connectivity index (χ0) is 23.0. The summed E-state index contributed by atoms with van der Waals surface area (Å²) in [6.07, 6.45) is 2.05. The molecule has 0 atom stereocenters. The minimum absolute atomic E-state index is 0.247. The molecule has 0 bridgehead atoms. The summed E-state index contributed by atoms with van der Waals surface area (Å²) in [4.78, 5) is 17.4. The quantitative estimate of drug-likeness (QED) is 0.190. The Labute approximate surface area is 200 Å². The first-order valence-corrected chi connectivity index (χ1v) is 11.5. The van der Waals surface area contributed by atoms with Gasteiger partial charge < -0.3 is 10.1 Å². The molecule has 0 saturated heterocycles. The van der Waals surface area contributed by atoms with Gasteiger partial charge in [0.25, 0.3) is 5.91 Å². The van der Waals surface area contributed by atoms with Crippen LogP contribution >= 0.6 is 22.9 Å². The van der Waals surface area contributed by atoms with Crippen LogP contribution in [0.15, 0.2) is 72.8 Å².